The Bertz CT molecular complexity index is 548. The Labute approximate surface area is 115 Å². The van der Waals surface area contributed by atoms with Crippen molar-refractivity contribution in [2.24, 2.45) is 5.73 Å². The van der Waals surface area contributed by atoms with Gasteiger partial charge >= 0.3 is 0 Å². The van der Waals surface area contributed by atoms with E-state index in [0.717, 1.165) is 34.7 Å². The molecule has 2 aromatic rings. The van der Waals surface area contributed by atoms with E-state index < -0.39 is 0 Å². The number of halogens is 1. The van der Waals surface area contributed by atoms with Crippen LogP contribution in [0, 0.1) is 6.92 Å². The van der Waals surface area contributed by atoms with Crippen LogP contribution in [0.25, 0.3) is 11.4 Å². The monoisotopic (exact) mass is 308 g/mol. The second-order valence-corrected chi connectivity index (χ2v) is 5.17. The predicted molar refractivity (Wildman–Crippen MR) is 76.1 cm³/mol. The van der Waals surface area contributed by atoms with Gasteiger partial charge in [0, 0.05) is 16.6 Å². The van der Waals surface area contributed by atoms with Crippen molar-refractivity contribution in [2.75, 3.05) is 0 Å². The first-order chi connectivity index (χ1) is 8.67. The number of benzene rings is 1. The molecule has 5 heteroatoms. The van der Waals surface area contributed by atoms with Crippen LogP contribution in [0.15, 0.2) is 22.7 Å². The molecule has 2 N–H and O–H groups in total. The van der Waals surface area contributed by atoms with Crippen molar-refractivity contribution in [3.63, 3.8) is 0 Å². The summed E-state index contributed by atoms with van der Waals surface area (Å²) in [4.78, 5) is 0. The molecule has 4 nitrogen and oxygen atoms in total. The van der Waals surface area contributed by atoms with Gasteiger partial charge in [-0.15, -0.1) is 10.2 Å². The summed E-state index contributed by atoms with van der Waals surface area (Å²) in [6.45, 7) is 5.52. The van der Waals surface area contributed by atoms with E-state index in [0.29, 0.717) is 6.54 Å². The Hall–Kier alpha value is -1.20. The molecule has 0 spiro atoms. The van der Waals surface area contributed by atoms with Gasteiger partial charge in [0.15, 0.2) is 5.82 Å². The fourth-order valence-electron chi connectivity index (χ4n) is 1.98. The van der Waals surface area contributed by atoms with Gasteiger partial charge in [-0.3, -0.25) is 0 Å². The lowest BCUT2D eigenvalue weighted by Gasteiger charge is -2.10. The van der Waals surface area contributed by atoms with E-state index in [1.807, 2.05) is 6.07 Å². The highest BCUT2D eigenvalue weighted by Crippen LogP contribution is 2.26. The maximum atomic E-state index is 5.71. The Morgan fingerprint density at radius 2 is 2.11 bits per heavy atom. The average Bonchev–Trinajstić information content (AvgIpc) is 2.76. The standard InChI is InChI=1S/C13H17BrN4/c1-3-6-18-12(8-15)16-17-13(18)11-7-10(14)5-4-9(11)2/h4-5,7H,3,6,8,15H2,1-2H3. The highest BCUT2D eigenvalue weighted by Gasteiger charge is 2.14. The molecular formula is C13H17BrN4. The molecule has 0 radical (unpaired) electrons. The Morgan fingerprint density at radius 1 is 1.33 bits per heavy atom. The van der Waals surface area contributed by atoms with E-state index in [4.69, 9.17) is 5.73 Å². The molecule has 0 unspecified atom stereocenters. The SMILES string of the molecule is CCCn1c(CN)nnc1-c1cc(Br)ccc1C. The van der Waals surface area contributed by atoms with Gasteiger partial charge in [0.1, 0.15) is 5.82 Å². The minimum atomic E-state index is 0.417. The van der Waals surface area contributed by atoms with E-state index in [1.54, 1.807) is 0 Å². The zero-order valence-corrected chi connectivity index (χ0v) is 12.2. The van der Waals surface area contributed by atoms with Gasteiger partial charge in [-0.2, -0.15) is 0 Å². The van der Waals surface area contributed by atoms with E-state index in [2.05, 4.69) is 56.7 Å². The first-order valence-electron chi connectivity index (χ1n) is 6.06. The van der Waals surface area contributed by atoms with Gasteiger partial charge in [-0.05, 0) is 31.0 Å². The van der Waals surface area contributed by atoms with Crippen LogP contribution in [0.3, 0.4) is 0 Å². The lowest BCUT2D eigenvalue weighted by Crippen LogP contribution is -2.09. The quantitative estimate of drug-likeness (QED) is 0.945. The van der Waals surface area contributed by atoms with Gasteiger partial charge in [0.2, 0.25) is 0 Å². The molecule has 0 saturated carbocycles. The topological polar surface area (TPSA) is 56.7 Å². The minimum absolute atomic E-state index is 0.417. The van der Waals surface area contributed by atoms with Gasteiger partial charge in [-0.1, -0.05) is 28.9 Å². The Kier molecular flexibility index (Phi) is 4.14. The van der Waals surface area contributed by atoms with Crippen molar-refractivity contribution in [1.29, 1.82) is 0 Å². The lowest BCUT2D eigenvalue weighted by atomic mass is 10.1. The third-order valence-electron chi connectivity index (χ3n) is 2.90. The van der Waals surface area contributed by atoms with Crippen molar-refractivity contribution >= 4 is 15.9 Å². The largest absolute Gasteiger partial charge is 0.324 e. The van der Waals surface area contributed by atoms with Gasteiger partial charge in [0.25, 0.3) is 0 Å². The molecule has 1 heterocycles. The fraction of sp³-hybridized carbons (Fsp3) is 0.385. The molecule has 0 saturated heterocycles. The van der Waals surface area contributed by atoms with Crippen LogP contribution in [0.2, 0.25) is 0 Å². The molecule has 0 bridgehead atoms. The molecule has 0 amide bonds. The second-order valence-electron chi connectivity index (χ2n) is 4.25. The minimum Gasteiger partial charge on any atom is -0.324 e. The maximum Gasteiger partial charge on any atom is 0.164 e. The van der Waals surface area contributed by atoms with Crippen molar-refractivity contribution < 1.29 is 0 Å². The Morgan fingerprint density at radius 3 is 2.78 bits per heavy atom. The highest BCUT2D eigenvalue weighted by atomic mass is 79.9. The zero-order chi connectivity index (χ0) is 13.1. The summed E-state index contributed by atoms with van der Waals surface area (Å²) < 4.78 is 3.15. The smallest absolute Gasteiger partial charge is 0.164 e. The number of hydrogen-bond acceptors (Lipinski definition) is 3. The second kappa shape index (κ2) is 5.63. The summed E-state index contributed by atoms with van der Waals surface area (Å²) in [6.07, 6.45) is 1.03. The van der Waals surface area contributed by atoms with Crippen LogP contribution in [-0.4, -0.2) is 14.8 Å². The molecule has 2 rings (SSSR count). The third kappa shape index (κ3) is 2.47. The maximum absolute atomic E-state index is 5.71. The van der Waals surface area contributed by atoms with Crippen LogP contribution < -0.4 is 5.73 Å². The molecule has 1 aromatic heterocycles. The van der Waals surface area contributed by atoms with E-state index in [9.17, 15) is 0 Å². The summed E-state index contributed by atoms with van der Waals surface area (Å²) in [5, 5.41) is 8.46. The molecule has 96 valence electrons. The molecule has 18 heavy (non-hydrogen) atoms. The van der Waals surface area contributed by atoms with Gasteiger partial charge < -0.3 is 10.3 Å². The summed E-state index contributed by atoms with van der Waals surface area (Å²) in [6, 6.07) is 6.18. The van der Waals surface area contributed by atoms with Gasteiger partial charge in [-0.25, -0.2) is 0 Å². The molecule has 0 aliphatic carbocycles. The van der Waals surface area contributed by atoms with Crippen molar-refractivity contribution in [3.8, 4) is 11.4 Å². The molecular weight excluding hydrogens is 292 g/mol. The first kappa shape index (κ1) is 13.2. The van der Waals surface area contributed by atoms with E-state index in [-0.39, 0.29) is 0 Å². The summed E-state index contributed by atoms with van der Waals surface area (Å²) in [5.74, 6) is 1.74. The van der Waals surface area contributed by atoms with Crippen LogP contribution in [0.1, 0.15) is 24.7 Å². The van der Waals surface area contributed by atoms with Crippen molar-refractivity contribution in [3.05, 3.63) is 34.1 Å². The number of nitrogens with zero attached hydrogens (tertiary/aromatic N) is 3. The first-order valence-corrected chi connectivity index (χ1v) is 6.85. The number of aromatic nitrogens is 3. The zero-order valence-electron chi connectivity index (χ0n) is 10.7. The fourth-order valence-corrected chi connectivity index (χ4v) is 2.34. The molecule has 0 aliphatic rings. The number of rotatable bonds is 4. The van der Waals surface area contributed by atoms with Crippen LogP contribution >= 0.6 is 15.9 Å². The van der Waals surface area contributed by atoms with E-state index >= 15 is 0 Å². The van der Waals surface area contributed by atoms with Crippen molar-refractivity contribution in [2.45, 2.75) is 33.4 Å². The van der Waals surface area contributed by atoms with Crippen molar-refractivity contribution in [1.82, 2.24) is 14.8 Å². The third-order valence-corrected chi connectivity index (χ3v) is 3.39. The Balaban J connectivity index is 2.56. The van der Waals surface area contributed by atoms with Gasteiger partial charge in [0.05, 0.1) is 6.54 Å². The normalized spacial score (nSPS) is 10.9. The van der Waals surface area contributed by atoms with Crippen LogP contribution in [0.4, 0.5) is 0 Å². The molecule has 0 atom stereocenters. The number of hydrogen-bond donors (Lipinski definition) is 1. The summed E-state index contributed by atoms with van der Waals surface area (Å²) in [7, 11) is 0. The molecule has 0 aliphatic heterocycles. The summed E-state index contributed by atoms with van der Waals surface area (Å²) in [5.41, 5.74) is 8.00. The summed E-state index contributed by atoms with van der Waals surface area (Å²) >= 11 is 3.50. The predicted octanol–water partition coefficient (Wildman–Crippen LogP) is 2.88. The van der Waals surface area contributed by atoms with Crippen LogP contribution in [-0.2, 0) is 13.1 Å². The average molecular weight is 309 g/mol. The highest BCUT2D eigenvalue weighted by molar-refractivity contribution is 9.10. The number of aryl methyl sites for hydroxylation is 1. The lowest BCUT2D eigenvalue weighted by molar-refractivity contribution is 0.643. The number of nitrogens with two attached hydrogens (primary N) is 1. The molecule has 0 fully saturated rings. The van der Waals surface area contributed by atoms with E-state index in [1.165, 1.54) is 5.56 Å². The van der Waals surface area contributed by atoms with Crippen LogP contribution in [0.5, 0.6) is 0 Å². The molecule has 1 aromatic carbocycles.